The largest absolute Gasteiger partial charge is 0.382 e. The van der Waals surface area contributed by atoms with E-state index in [2.05, 4.69) is 6.92 Å². The highest BCUT2D eigenvalue weighted by Gasteiger charge is 2.43. The molecule has 0 aromatic rings. The van der Waals surface area contributed by atoms with E-state index in [9.17, 15) is 0 Å². The first-order valence-electron chi connectivity index (χ1n) is 11.6. The van der Waals surface area contributed by atoms with Gasteiger partial charge in [-0.05, 0) is 37.5 Å². The van der Waals surface area contributed by atoms with Gasteiger partial charge >= 0.3 is 0 Å². The van der Waals surface area contributed by atoms with E-state index in [-0.39, 0.29) is 0 Å². The number of hydrogen-bond donors (Lipinski definition) is 0. The summed E-state index contributed by atoms with van der Waals surface area (Å²) >= 11 is 0. The van der Waals surface area contributed by atoms with Crippen LogP contribution in [0, 0.1) is 11.8 Å². The molecule has 2 rings (SSSR count). The molecule has 1 heterocycles. The summed E-state index contributed by atoms with van der Waals surface area (Å²) in [6.45, 7) is 4.65. The van der Waals surface area contributed by atoms with Crippen LogP contribution in [0.5, 0.6) is 0 Å². The fraction of sp³-hybridized carbons (Fsp3) is 1.00. The quantitative estimate of drug-likeness (QED) is 0.228. The molecule has 26 heavy (non-hydrogen) atoms. The second kappa shape index (κ2) is 14.0. The zero-order valence-corrected chi connectivity index (χ0v) is 17.6. The van der Waals surface area contributed by atoms with Crippen molar-refractivity contribution in [2.24, 2.45) is 11.8 Å². The summed E-state index contributed by atoms with van der Waals surface area (Å²) in [6.07, 6.45) is 20.6. The molecule has 0 aromatic carbocycles. The van der Waals surface area contributed by atoms with Crippen molar-refractivity contribution in [3.05, 3.63) is 0 Å². The van der Waals surface area contributed by atoms with Gasteiger partial charge in [0.1, 0.15) is 0 Å². The number of hydrogen-bond acceptors (Lipinski definition) is 3. The van der Waals surface area contributed by atoms with Gasteiger partial charge in [0.15, 0.2) is 0 Å². The Morgan fingerprint density at radius 2 is 1.65 bits per heavy atom. The topological polar surface area (TPSA) is 31.0 Å². The van der Waals surface area contributed by atoms with Crippen molar-refractivity contribution in [2.45, 2.75) is 109 Å². The van der Waals surface area contributed by atoms with Crippen LogP contribution in [0.25, 0.3) is 0 Å². The maximum Gasteiger partial charge on any atom is 0.0844 e. The van der Waals surface area contributed by atoms with Crippen molar-refractivity contribution in [2.75, 3.05) is 26.9 Å². The van der Waals surface area contributed by atoms with Crippen LogP contribution in [0.3, 0.4) is 0 Å². The Bertz CT molecular complexity index is 333. The molecule has 1 aliphatic carbocycles. The molecule has 3 heteroatoms. The first-order valence-corrected chi connectivity index (χ1v) is 11.6. The van der Waals surface area contributed by atoms with Crippen LogP contribution in [-0.2, 0) is 14.2 Å². The molecule has 0 bridgehead atoms. The van der Waals surface area contributed by atoms with E-state index in [1.54, 1.807) is 7.11 Å². The lowest BCUT2D eigenvalue weighted by Crippen LogP contribution is -2.15. The first kappa shape index (κ1) is 22.2. The lowest BCUT2D eigenvalue weighted by molar-refractivity contribution is 0.0618. The summed E-state index contributed by atoms with van der Waals surface area (Å²) in [5.41, 5.74) is 0. The van der Waals surface area contributed by atoms with Crippen molar-refractivity contribution in [3.63, 3.8) is 0 Å². The summed E-state index contributed by atoms with van der Waals surface area (Å²) in [5, 5.41) is 0. The molecule has 0 aromatic heterocycles. The number of fused-ring (bicyclic) bond motifs is 1. The summed E-state index contributed by atoms with van der Waals surface area (Å²) in [4.78, 5) is 0. The molecule has 1 aliphatic heterocycles. The Balaban J connectivity index is 1.56. The number of epoxide rings is 1. The van der Waals surface area contributed by atoms with Gasteiger partial charge in [0.25, 0.3) is 0 Å². The molecule has 154 valence electrons. The summed E-state index contributed by atoms with van der Waals surface area (Å²) in [5.74, 6) is 1.77. The molecular weight excluding hydrogens is 324 g/mol. The molecule has 1 saturated carbocycles. The van der Waals surface area contributed by atoms with Gasteiger partial charge in [0.2, 0.25) is 0 Å². The van der Waals surface area contributed by atoms with E-state index in [0.717, 1.165) is 25.0 Å². The van der Waals surface area contributed by atoms with Gasteiger partial charge in [0.05, 0.1) is 25.4 Å². The van der Waals surface area contributed by atoms with Crippen LogP contribution < -0.4 is 0 Å². The molecule has 0 radical (unpaired) electrons. The number of rotatable bonds is 17. The fourth-order valence-electron chi connectivity index (χ4n) is 4.54. The second-order valence-electron chi connectivity index (χ2n) is 8.64. The Morgan fingerprint density at radius 3 is 2.42 bits per heavy atom. The number of ether oxygens (including phenoxy) is 3. The molecular formula is C23H44O3. The maximum absolute atomic E-state index is 5.75. The normalized spacial score (nSPS) is 25.8. The minimum absolute atomic E-state index is 0.632. The van der Waals surface area contributed by atoms with Crippen molar-refractivity contribution >= 4 is 0 Å². The van der Waals surface area contributed by atoms with Crippen LogP contribution >= 0.6 is 0 Å². The lowest BCUT2D eigenvalue weighted by Gasteiger charge is -2.23. The fourth-order valence-corrected chi connectivity index (χ4v) is 4.54. The predicted molar refractivity (Wildman–Crippen MR) is 109 cm³/mol. The van der Waals surface area contributed by atoms with Crippen molar-refractivity contribution in [1.29, 1.82) is 0 Å². The highest BCUT2D eigenvalue weighted by Crippen LogP contribution is 2.41. The number of methoxy groups -OCH3 is 1. The van der Waals surface area contributed by atoms with Gasteiger partial charge in [-0.3, -0.25) is 0 Å². The predicted octanol–water partition coefficient (Wildman–Crippen LogP) is 6.14. The van der Waals surface area contributed by atoms with Gasteiger partial charge in [-0.25, -0.2) is 0 Å². The van der Waals surface area contributed by atoms with E-state index in [0.29, 0.717) is 18.8 Å². The highest BCUT2D eigenvalue weighted by atomic mass is 16.6. The zero-order chi connectivity index (χ0) is 18.5. The molecule has 2 aliphatic rings. The molecule has 3 nitrogen and oxygen atoms in total. The Labute approximate surface area is 162 Å². The van der Waals surface area contributed by atoms with Crippen LogP contribution in [0.1, 0.15) is 96.8 Å². The Hall–Kier alpha value is -0.120. The average Bonchev–Trinajstić information content (AvgIpc) is 3.43. The summed E-state index contributed by atoms with van der Waals surface area (Å²) < 4.78 is 16.5. The minimum atomic E-state index is 0.632. The molecule has 2 fully saturated rings. The monoisotopic (exact) mass is 368 g/mol. The third-order valence-electron chi connectivity index (χ3n) is 6.41. The van der Waals surface area contributed by atoms with Crippen molar-refractivity contribution in [3.8, 4) is 0 Å². The zero-order valence-electron chi connectivity index (χ0n) is 17.6. The highest BCUT2D eigenvalue weighted by molar-refractivity contribution is 4.91. The van der Waals surface area contributed by atoms with Crippen LogP contribution in [0.15, 0.2) is 0 Å². The van der Waals surface area contributed by atoms with Crippen LogP contribution in [0.2, 0.25) is 0 Å². The van der Waals surface area contributed by atoms with Gasteiger partial charge in [-0.15, -0.1) is 0 Å². The van der Waals surface area contributed by atoms with Gasteiger partial charge < -0.3 is 14.2 Å². The molecule has 0 spiro atoms. The third-order valence-corrected chi connectivity index (χ3v) is 6.41. The van der Waals surface area contributed by atoms with Gasteiger partial charge in [0, 0.05) is 13.7 Å². The standard InChI is InChI=1S/C23H44O3/c1-3-4-5-6-7-8-9-10-20(15-16-25-18-17-24-2)11-12-21-13-14-22-23(19-21)26-22/h20-23H,3-19H2,1-2H3. The first-order chi connectivity index (χ1) is 12.8. The Kier molecular flexibility index (Phi) is 11.9. The summed E-state index contributed by atoms with van der Waals surface area (Å²) in [6, 6.07) is 0. The van der Waals surface area contributed by atoms with E-state index in [1.165, 1.54) is 89.9 Å². The van der Waals surface area contributed by atoms with E-state index < -0.39 is 0 Å². The van der Waals surface area contributed by atoms with E-state index >= 15 is 0 Å². The Morgan fingerprint density at radius 1 is 0.846 bits per heavy atom. The third kappa shape index (κ3) is 9.71. The average molecular weight is 369 g/mol. The molecule has 1 saturated heterocycles. The molecule has 0 N–H and O–H groups in total. The van der Waals surface area contributed by atoms with Gasteiger partial charge in [-0.2, -0.15) is 0 Å². The SMILES string of the molecule is CCCCCCCCCC(CCOCCOC)CCC1CCC2OC2C1. The van der Waals surface area contributed by atoms with E-state index in [4.69, 9.17) is 14.2 Å². The summed E-state index contributed by atoms with van der Waals surface area (Å²) in [7, 11) is 1.74. The van der Waals surface area contributed by atoms with Crippen molar-refractivity contribution in [1.82, 2.24) is 0 Å². The smallest absolute Gasteiger partial charge is 0.0844 e. The maximum atomic E-state index is 5.75. The molecule has 4 atom stereocenters. The second-order valence-corrected chi connectivity index (χ2v) is 8.64. The van der Waals surface area contributed by atoms with Crippen molar-refractivity contribution < 1.29 is 14.2 Å². The van der Waals surface area contributed by atoms with E-state index in [1.807, 2.05) is 0 Å². The number of unbranched alkanes of at least 4 members (excludes halogenated alkanes) is 6. The minimum Gasteiger partial charge on any atom is -0.382 e. The van der Waals surface area contributed by atoms with Crippen LogP contribution in [-0.4, -0.2) is 39.1 Å². The van der Waals surface area contributed by atoms with Crippen LogP contribution in [0.4, 0.5) is 0 Å². The lowest BCUT2D eigenvalue weighted by atomic mass is 9.82. The van der Waals surface area contributed by atoms with Gasteiger partial charge in [-0.1, -0.05) is 71.1 Å². The molecule has 0 amide bonds. The molecule has 4 unspecified atom stereocenters.